The number of anilines is 1. The molecule has 40 heavy (non-hydrogen) atoms. The number of hydrogen-bond acceptors (Lipinski definition) is 5. The van der Waals surface area contributed by atoms with Gasteiger partial charge in [-0.2, -0.15) is 0 Å². The molecule has 1 unspecified atom stereocenters. The van der Waals surface area contributed by atoms with E-state index in [1.165, 1.54) is 5.56 Å². The molecule has 3 aromatic rings. The summed E-state index contributed by atoms with van der Waals surface area (Å²) in [4.78, 5) is 18.0. The molecule has 0 aliphatic carbocycles. The summed E-state index contributed by atoms with van der Waals surface area (Å²) in [6, 6.07) is 22.3. The molecule has 1 aliphatic heterocycles. The van der Waals surface area contributed by atoms with E-state index in [1.54, 1.807) is 19.1 Å². The van der Waals surface area contributed by atoms with E-state index in [0.717, 1.165) is 66.4 Å². The zero-order chi connectivity index (χ0) is 28.0. The van der Waals surface area contributed by atoms with E-state index in [-0.39, 0.29) is 24.2 Å². The molecule has 4 rings (SSSR count). The minimum Gasteiger partial charge on any atom is -0.493 e. The van der Waals surface area contributed by atoms with Crippen molar-refractivity contribution < 1.29 is 19.0 Å². The van der Waals surface area contributed by atoms with Crippen molar-refractivity contribution >= 4 is 24.0 Å². The van der Waals surface area contributed by atoms with Crippen molar-refractivity contribution in [3.05, 3.63) is 83.4 Å². The van der Waals surface area contributed by atoms with Crippen LogP contribution in [0.3, 0.4) is 0 Å². The van der Waals surface area contributed by atoms with E-state index in [1.807, 2.05) is 55.6 Å². The lowest BCUT2D eigenvalue weighted by atomic mass is 9.67. The SMILES string of the molecule is COc1ccc(CCN(C)CCCCOc2ccccc2C2(C(C)C)C(=O)N(C)c3ccccc32)cc1OC.Cl. The van der Waals surface area contributed by atoms with Crippen LogP contribution in [-0.2, 0) is 16.6 Å². The van der Waals surface area contributed by atoms with Gasteiger partial charge in [-0.15, -0.1) is 12.4 Å². The Morgan fingerprint density at radius 2 is 1.52 bits per heavy atom. The van der Waals surface area contributed by atoms with Gasteiger partial charge in [0.15, 0.2) is 11.5 Å². The Kier molecular flexibility index (Phi) is 10.9. The number of likely N-dealkylation sites (N-methyl/N-ethyl adjacent to an activating group) is 2. The summed E-state index contributed by atoms with van der Waals surface area (Å²) in [6.45, 7) is 6.82. The monoisotopic (exact) mass is 566 g/mol. The lowest BCUT2D eigenvalue weighted by Gasteiger charge is -2.34. The number of benzene rings is 3. The molecular weight excluding hydrogens is 524 g/mol. The van der Waals surface area contributed by atoms with Crippen molar-refractivity contribution in [2.75, 3.05) is 52.9 Å². The van der Waals surface area contributed by atoms with Crippen LogP contribution >= 0.6 is 12.4 Å². The first-order valence-electron chi connectivity index (χ1n) is 13.8. The fraction of sp³-hybridized carbons (Fsp3) is 0.424. The molecule has 216 valence electrons. The van der Waals surface area contributed by atoms with Crippen molar-refractivity contribution in [1.82, 2.24) is 4.90 Å². The predicted octanol–water partition coefficient (Wildman–Crippen LogP) is 6.38. The molecule has 7 heteroatoms. The first-order valence-corrected chi connectivity index (χ1v) is 13.8. The Labute approximate surface area is 245 Å². The number of nitrogens with zero attached hydrogens (tertiary/aromatic N) is 2. The lowest BCUT2D eigenvalue weighted by Crippen LogP contribution is -2.44. The summed E-state index contributed by atoms with van der Waals surface area (Å²) in [7, 11) is 7.35. The van der Waals surface area contributed by atoms with Gasteiger partial charge in [0, 0.05) is 24.8 Å². The molecule has 0 radical (unpaired) electrons. The predicted molar refractivity (Wildman–Crippen MR) is 165 cm³/mol. The van der Waals surface area contributed by atoms with Crippen molar-refractivity contribution in [3.8, 4) is 17.2 Å². The zero-order valence-corrected chi connectivity index (χ0v) is 25.4. The second-order valence-corrected chi connectivity index (χ2v) is 10.6. The highest BCUT2D eigenvalue weighted by Crippen LogP contribution is 2.52. The molecule has 0 saturated carbocycles. The van der Waals surface area contributed by atoms with Crippen LogP contribution in [0, 0.1) is 5.92 Å². The zero-order valence-electron chi connectivity index (χ0n) is 24.6. The Morgan fingerprint density at radius 1 is 0.850 bits per heavy atom. The molecule has 0 bridgehead atoms. The molecule has 1 atom stereocenters. The number of unbranched alkanes of at least 4 members (excludes halogenated alkanes) is 1. The number of para-hydroxylation sites is 2. The van der Waals surface area contributed by atoms with Crippen molar-refractivity contribution in [3.63, 3.8) is 0 Å². The van der Waals surface area contributed by atoms with Gasteiger partial charge in [0.05, 0.1) is 20.8 Å². The van der Waals surface area contributed by atoms with Crippen LogP contribution in [0.1, 0.15) is 43.4 Å². The number of hydrogen-bond donors (Lipinski definition) is 0. The molecule has 1 amide bonds. The first kappa shape index (κ1) is 31.3. The van der Waals surface area contributed by atoms with Crippen molar-refractivity contribution in [2.24, 2.45) is 5.92 Å². The van der Waals surface area contributed by atoms with Crippen LogP contribution in [0.4, 0.5) is 5.69 Å². The van der Waals surface area contributed by atoms with Gasteiger partial charge in [0.25, 0.3) is 0 Å². The smallest absolute Gasteiger partial charge is 0.242 e. The number of carbonyl (C=O) groups excluding carboxylic acids is 1. The van der Waals surface area contributed by atoms with E-state index < -0.39 is 5.41 Å². The number of methoxy groups -OCH3 is 2. The fourth-order valence-corrected chi connectivity index (χ4v) is 5.77. The van der Waals surface area contributed by atoms with Crippen LogP contribution in [0.5, 0.6) is 17.2 Å². The Balaban J connectivity index is 0.00000441. The summed E-state index contributed by atoms with van der Waals surface area (Å²) >= 11 is 0. The second kappa shape index (κ2) is 13.9. The Hall–Kier alpha value is -3.22. The van der Waals surface area contributed by atoms with Crippen molar-refractivity contribution in [2.45, 2.75) is 38.5 Å². The van der Waals surface area contributed by atoms with Crippen LogP contribution < -0.4 is 19.1 Å². The van der Waals surface area contributed by atoms with Gasteiger partial charge in [-0.25, -0.2) is 0 Å². The van der Waals surface area contributed by atoms with Gasteiger partial charge in [-0.1, -0.05) is 56.3 Å². The number of carbonyl (C=O) groups is 1. The third-order valence-electron chi connectivity index (χ3n) is 7.93. The molecule has 0 saturated heterocycles. The number of ether oxygens (including phenoxy) is 3. The highest BCUT2D eigenvalue weighted by molar-refractivity contribution is 6.10. The standard InChI is InChI=1S/C33H42N2O4.ClH/c1-24(2)33(26-13-7-9-15-28(26)35(4)32(33)36)27-14-8-10-16-29(27)39-22-12-11-20-34(3)21-19-25-17-18-30(37-5)31(23-25)38-6;/h7-10,13-18,23-24H,11-12,19-22H2,1-6H3;1H. The highest BCUT2D eigenvalue weighted by atomic mass is 35.5. The minimum absolute atomic E-state index is 0. The molecule has 0 N–H and O–H groups in total. The third kappa shape index (κ3) is 6.08. The summed E-state index contributed by atoms with van der Waals surface area (Å²) in [5.41, 5.74) is 3.45. The van der Waals surface area contributed by atoms with Gasteiger partial charge in [0.2, 0.25) is 5.91 Å². The van der Waals surface area contributed by atoms with E-state index in [9.17, 15) is 4.79 Å². The van der Waals surface area contributed by atoms with E-state index in [2.05, 4.69) is 44.0 Å². The van der Waals surface area contributed by atoms with Gasteiger partial charge in [-0.05, 0) is 74.2 Å². The van der Waals surface area contributed by atoms with E-state index >= 15 is 0 Å². The molecule has 0 spiro atoms. The van der Waals surface area contributed by atoms with Crippen LogP contribution in [0.2, 0.25) is 0 Å². The Morgan fingerprint density at radius 3 is 2.23 bits per heavy atom. The topological polar surface area (TPSA) is 51.2 Å². The maximum absolute atomic E-state index is 13.8. The van der Waals surface area contributed by atoms with E-state index in [0.29, 0.717) is 6.61 Å². The maximum atomic E-state index is 13.8. The molecule has 1 heterocycles. The van der Waals surface area contributed by atoms with Gasteiger partial charge in [-0.3, -0.25) is 4.79 Å². The molecule has 1 aliphatic rings. The molecule has 0 aromatic heterocycles. The van der Waals surface area contributed by atoms with Gasteiger partial charge in [0.1, 0.15) is 11.2 Å². The van der Waals surface area contributed by atoms with Gasteiger partial charge >= 0.3 is 0 Å². The lowest BCUT2D eigenvalue weighted by molar-refractivity contribution is -0.122. The summed E-state index contributed by atoms with van der Waals surface area (Å²) in [6.07, 6.45) is 2.92. The van der Waals surface area contributed by atoms with Crippen molar-refractivity contribution in [1.29, 1.82) is 0 Å². The fourth-order valence-electron chi connectivity index (χ4n) is 5.77. The molecule has 0 fully saturated rings. The molecular formula is C33H43ClN2O4. The second-order valence-electron chi connectivity index (χ2n) is 10.6. The van der Waals surface area contributed by atoms with Crippen LogP contribution in [-0.4, -0.2) is 58.8 Å². The van der Waals surface area contributed by atoms with E-state index in [4.69, 9.17) is 14.2 Å². The quantitative estimate of drug-likeness (QED) is 0.225. The van der Waals surface area contributed by atoms with Crippen LogP contribution in [0.25, 0.3) is 0 Å². The Bertz CT molecular complexity index is 1280. The summed E-state index contributed by atoms with van der Waals surface area (Å²) < 4.78 is 17.1. The highest BCUT2D eigenvalue weighted by Gasteiger charge is 2.54. The number of fused-ring (bicyclic) bond motifs is 1. The average molecular weight is 567 g/mol. The minimum atomic E-state index is -0.758. The molecule has 6 nitrogen and oxygen atoms in total. The molecule has 3 aromatic carbocycles. The normalized spacial score (nSPS) is 16.2. The van der Waals surface area contributed by atoms with Gasteiger partial charge < -0.3 is 24.0 Å². The summed E-state index contributed by atoms with van der Waals surface area (Å²) in [5.74, 6) is 2.49. The average Bonchev–Trinajstić information content (AvgIpc) is 3.18. The largest absolute Gasteiger partial charge is 0.493 e. The first-order chi connectivity index (χ1) is 18.8. The number of halogens is 1. The third-order valence-corrected chi connectivity index (χ3v) is 7.93. The maximum Gasteiger partial charge on any atom is 0.242 e. The number of rotatable bonds is 13. The number of amides is 1. The van der Waals surface area contributed by atoms with Crippen LogP contribution in [0.15, 0.2) is 66.7 Å². The summed E-state index contributed by atoms with van der Waals surface area (Å²) in [5, 5.41) is 0.